The third-order valence-corrected chi connectivity index (χ3v) is 3.82. The summed E-state index contributed by atoms with van der Waals surface area (Å²) >= 11 is 0. The maximum Gasteiger partial charge on any atom is 0.318 e. The summed E-state index contributed by atoms with van der Waals surface area (Å²) in [6.45, 7) is 4.24. The zero-order chi connectivity index (χ0) is 16.0. The quantitative estimate of drug-likeness (QED) is 0.699. The molecule has 1 fully saturated rings. The van der Waals surface area contributed by atoms with Crippen molar-refractivity contribution in [3.8, 4) is 0 Å². The Morgan fingerprint density at radius 1 is 1.29 bits per heavy atom. The van der Waals surface area contributed by atoms with Crippen molar-refractivity contribution in [1.29, 1.82) is 0 Å². The van der Waals surface area contributed by atoms with Gasteiger partial charge in [0.2, 0.25) is 5.91 Å². The van der Waals surface area contributed by atoms with Crippen LogP contribution in [0.15, 0.2) is 0 Å². The number of rotatable bonds is 5. The number of nitrogens with one attached hydrogen (secondary N) is 2. The van der Waals surface area contributed by atoms with Gasteiger partial charge in [-0.25, -0.2) is 4.79 Å². The highest BCUT2D eigenvalue weighted by Crippen LogP contribution is 2.18. The molecule has 2 unspecified atom stereocenters. The van der Waals surface area contributed by atoms with E-state index < -0.39 is 18.1 Å². The number of carbonyl (C=O) groups is 3. The van der Waals surface area contributed by atoms with Crippen LogP contribution < -0.4 is 10.6 Å². The van der Waals surface area contributed by atoms with E-state index in [-0.39, 0.29) is 24.3 Å². The molecule has 1 aliphatic heterocycles. The fraction of sp³-hybridized carbons (Fsp3) is 0.786. The average Bonchev–Trinajstić information content (AvgIpc) is 2.45. The van der Waals surface area contributed by atoms with E-state index in [9.17, 15) is 14.4 Å². The second-order valence-corrected chi connectivity index (χ2v) is 5.72. The number of carboxylic acids is 1. The molecule has 0 aromatic heterocycles. The summed E-state index contributed by atoms with van der Waals surface area (Å²) < 4.78 is 0. The van der Waals surface area contributed by atoms with E-state index in [1.165, 1.54) is 4.90 Å². The molecule has 3 amide bonds. The minimum atomic E-state index is -0.949. The van der Waals surface area contributed by atoms with E-state index in [0.29, 0.717) is 13.0 Å². The molecule has 0 radical (unpaired) electrons. The summed E-state index contributed by atoms with van der Waals surface area (Å²) in [5.41, 5.74) is 0. The molecule has 1 heterocycles. The van der Waals surface area contributed by atoms with Gasteiger partial charge in [-0.1, -0.05) is 13.8 Å². The highest BCUT2D eigenvalue weighted by molar-refractivity contribution is 5.87. The van der Waals surface area contributed by atoms with Crippen LogP contribution >= 0.6 is 0 Å². The molecule has 0 aliphatic carbocycles. The minimum Gasteiger partial charge on any atom is -0.481 e. The number of carbonyl (C=O) groups excluding carboxylic acids is 2. The zero-order valence-corrected chi connectivity index (χ0v) is 12.9. The topological polar surface area (TPSA) is 98.7 Å². The monoisotopic (exact) mass is 299 g/mol. The van der Waals surface area contributed by atoms with Crippen molar-refractivity contribution in [1.82, 2.24) is 15.5 Å². The predicted molar refractivity (Wildman–Crippen MR) is 77.8 cm³/mol. The molecule has 0 spiro atoms. The molecular formula is C14H25N3O4. The normalized spacial score (nSPS) is 20.0. The summed E-state index contributed by atoms with van der Waals surface area (Å²) in [5.74, 6) is -1.12. The van der Waals surface area contributed by atoms with Crippen LogP contribution in [-0.2, 0) is 9.59 Å². The smallest absolute Gasteiger partial charge is 0.318 e. The predicted octanol–water partition coefficient (Wildman–Crippen LogP) is 0.796. The highest BCUT2D eigenvalue weighted by Gasteiger charge is 2.33. The Morgan fingerprint density at radius 3 is 2.48 bits per heavy atom. The van der Waals surface area contributed by atoms with E-state index >= 15 is 0 Å². The zero-order valence-electron chi connectivity index (χ0n) is 12.9. The number of hydrogen-bond donors (Lipinski definition) is 3. The van der Waals surface area contributed by atoms with Gasteiger partial charge in [0.25, 0.3) is 0 Å². The number of urea groups is 1. The largest absolute Gasteiger partial charge is 0.481 e. The molecule has 1 rings (SSSR count). The Kier molecular flexibility index (Phi) is 6.45. The van der Waals surface area contributed by atoms with Gasteiger partial charge >= 0.3 is 12.0 Å². The van der Waals surface area contributed by atoms with Gasteiger partial charge in [0, 0.05) is 19.6 Å². The van der Waals surface area contributed by atoms with Crippen LogP contribution in [0.2, 0.25) is 0 Å². The van der Waals surface area contributed by atoms with E-state index in [0.717, 1.165) is 12.8 Å². The van der Waals surface area contributed by atoms with Gasteiger partial charge in [-0.3, -0.25) is 9.59 Å². The second kappa shape index (κ2) is 7.85. The maximum atomic E-state index is 12.4. The number of likely N-dealkylation sites (N-methyl/N-ethyl adjacent to an activating group) is 1. The van der Waals surface area contributed by atoms with E-state index in [1.807, 2.05) is 13.8 Å². The summed E-state index contributed by atoms with van der Waals surface area (Å²) in [6.07, 6.45) is 2.27. The summed E-state index contributed by atoms with van der Waals surface area (Å²) in [5, 5.41) is 14.2. The summed E-state index contributed by atoms with van der Waals surface area (Å²) in [6, 6.07) is -1.27. The van der Waals surface area contributed by atoms with Crippen LogP contribution in [0, 0.1) is 5.92 Å². The first-order chi connectivity index (χ1) is 9.86. The van der Waals surface area contributed by atoms with Crippen LogP contribution in [0.3, 0.4) is 0 Å². The Hall–Kier alpha value is -1.79. The number of likely N-dealkylation sites (tertiary alicyclic amines) is 1. The van der Waals surface area contributed by atoms with Crippen LogP contribution in [0.25, 0.3) is 0 Å². The van der Waals surface area contributed by atoms with Crippen molar-refractivity contribution in [2.24, 2.45) is 5.92 Å². The molecule has 2 atom stereocenters. The van der Waals surface area contributed by atoms with Gasteiger partial charge in [0.15, 0.2) is 0 Å². The van der Waals surface area contributed by atoms with Gasteiger partial charge in [-0.05, 0) is 25.2 Å². The molecule has 0 saturated carbocycles. The number of aliphatic carboxylic acids is 1. The van der Waals surface area contributed by atoms with Gasteiger partial charge in [0.1, 0.15) is 6.04 Å². The lowest BCUT2D eigenvalue weighted by Crippen LogP contribution is -2.56. The van der Waals surface area contributed by atoms with Crippen molar-refractivity contribution in [3.05, 3.63) is 0 Å². The highest BCUT2D eigenvalue weighted by atomic mass is 16.4. The van der Waals surface area contributed by atoms with Crippen molar-refractivity contribution in [3.63, 3.8) is 0 Å². The molecule has 7 nitrogen and oxygen atoms in total. The van der Waals surface area contributed by atoms with Gasteiger partial charge in [-0.15, -0.1) is 0 Å². The number of amides is 3. The van der Waals surface area contributed by atoms with E-state index in [2.05, 4.69) is 10.6 Å². The van der Waals surface area contributed by atoms with Crippen molar-refractivity contribution in [2.75, 3.05) is 13.6 Å². The van der Waals surface area contributed by atoms with Crippen LogP contribution in [-0.4, -0.2) is 53.6 Å². The lowest BCUT2D eigenvalue weighted by atomic mass is 10.00. The molecular weight excluding hydrogens is 274 g/mol. The number of hydrogen-bond acceptors (Lipinski definition) is 3. The summed E-state index contributed by atoms with van der Waals surface area (Å²) in [4.78, 5) is 36.6. The molecule has 7 heteroatoms. The minimum absolute atomic E-state index is 0.00768. The van der Waals surface area contributed by atoms with E-state index in [1.54, 1.807) is 7.05 Å². The summed E-state index contributed by atoms with van der Waals surface area (Å²) in [7, 11) is 1.55. The maximum absolute atomic E-state index is 12.4. The third kappa shape index (κ3) is 4.91. The SMILES string of the molecule is CNC(=O)C1CCCCN1C(=O)NC(CC(=O)O)C(C)C. The van der Waals surface area contributed by atoms with Crippen LogP contribution in [0.5, 0.6) is 0 Å². The van der Waals surface area contributed by atoms with Crippen molar-refractivity contribution >= 4 is 17.9 Å². The molecule has 1 saturated heterocycles. The van der Waals surface area contributed by atoms with Crippen molar-refractivity contribution in [2.45, 2.75) is 51.6 Å². The van der Waals surface area contributed by atoms with E-state index in [4.69, 9.17) is 5.11 Å². The fourth-order valence-corrected chi connectivity index (χ4v) is 2.50. The first-order valence-corrected chi connectivity index (χ1v) is 7.37. The number of carboxylic acid groups (broad SMARTS) is 1. The second-order valence-electron chi connectivity index (χ2n) is 5.72. The molecule has 120 valence electrons. The molecule has 0 aromatic rings. The van der Waals surface area contributed by atoms with Gasteiger partial charge in [-0.2, -0.15) is 0 Å². The van der Waals surface area contributed by atoms with Gasteiger partial charge < -0.3 is 20.6 Å². The number of nitrogens with zero attached hydrogens (tertiary/aromatic N) is 1. The Labute approximate surface area is 125 Å². The lowest BCUT2D eigenvalue weighted by Gasteiger charge is -2.36. The van der Waals surface area contributed by atoms with Crippen molar-refractivity contribution < 1.29 is 19.5 Å². The molecule has 0 aromatic carbocycles. The molecule has 3 N–H and O–H groups in total. The number of piperidine rings is 1. The Balaban J connectivity index is 2.74. The lowest BCUT2D eigenvalue weighted by molar-refractivity contribution is -0.137. The van der Waals surface area contributed by atoms with Crippen LogP contribution in [0.1, 0.15) is 39.5 Å². The molecule has 1 aliphatic rings. The third-order valence-electron chi connectivity index (χ3n) is 3.82. The molecule has 0 bridgehead atoms. The first-order valence-electron chi connectivity index (χ1n) is 7.37. The fourth-order valence-electron chi connectivity index (χ4n) is 2.50. The Morgan fingerprint density at radius 2 is 1.95 bits per heavy atom. The first kappa shape index (κ1) is 17.3. The Bertz CT molecular complexity index is 398. The van der Waals surface area contributed by atoms with Gasteiger partial charge in [0.05, 0.1) is 6.42 Å². The average molecular weight is 299 g/mol. The van der Waals surface area contributed by atoms with Crippen LogP contribution in [0.4, 0.5) is 4.79 Å². The standard InChI is InChI=1S/C14H25N3O4/c1-9(2)10(8-12(18)19)16-14(21)17-7-5-4-6-11(17)13(20)15-3/h9-11H,4-8H2,1-3H3,(H,15,20)(H,16,21)(H,18,19). The molecule has 21 heavy (non-hydrogen) atoms.